The number of ketones is 1. The molecule has 19 heavy (non-hydrogen) atoms. The SMILES string of the molecule is CCC(C)(C)NC(=O)CCSCC(CC(C)=O)OC. The van der Waals surface area contributed by atoms with E-state index in [0.29, 0.717) is 12.8 Å². The lowest BCUT2D eigenvalue weighted by molar-refractivity contribution is -0.122. The van der Waals surface area contributed by atoms with Crippen molar-refractivity contribution < 1.29 is 14.3 Å². The predicted octanol–water partition coefficient (Wildman–Crippen LogP) is 2.41. The molecule has 0 radical (unpaired) electrons. The van der Waals surface area contributed by atoms with Gasteiger partial charge in [0.25, 0.3) is 0 Å². The highest BCUT2D eigenvalue weighted by molar-refractivity contribution is 7.99. The Hall–Kier alpha value is -0.550. The Labute approximate surface area is 121 Å². The van der Waals surface area contributed by atoms with Crippen molar-refractivity contribution in [2.75, 3.05) is 18.6 Å². The average molecular weight is 289 g/mol. The molecule has 4 nitrogen and oxygen atoms in total. The van der Waals surface area contributed by atoms with Gasteiger partial charge in [-0.3, -0.25) is 9.59 Å². The molecule has 0 heterocycles. The number of nitrogens with one attached hydrogen (secondary N) is 1. The van der Waals surface area contributed by atoms with Crippen LogP contribution < -0.4 is 5.32 Å². The minimum absolute atomic E-state index is 0.0438. The first-order valence-electron chi connectivity index (χ1n) is 6.71. The van der Waals surface area contributed by atoms with Crippen LogP contribution in [0.15, 0.2) is 0 Å². The number of methoxy groups -OCH3 is 1. The van der Waals surface area contributed by atoms with Crippen LogP contribution in [0.4, 0.5) is 0 Å². The van der Waals surface area contributed by atoms with Crippen molar-refractivity contribution in [2.24, 2.45) is 0 Å². The van der Waals surface area contributed by atoms with Crippen molar-refractivity contribution >= 4 is 23.5 Å². The highest BCUT2D eigenvalue weighted by Crippen LogP contribution is 2.12. The molecule has 0 fully saturated rings. The number of carbonyl (C=O) groups excluding carboxylic acids is 2. The number of hydrogen-bond donors (Lipinski definition) is 1. The summed E-state index contributed by atoms with van der Waals surface area (Å²) in [6.45, 7) is 7.66. The highest BCUT2D eigenvalue weighted by Gasteiger charge is 2.17. The number of Topliss-reactive ketones (excluding diaryl/α,β-unsaturated/α-hetero) is 1. The summed E-state index contributed by atoms with van der Waals surface area (Å²) in [5.41, 5.74) is -0.133. The molecule has 0 rings (SSSR count). The average Bonchev–Trinajstić information content (AvgIpc) is 2.32. The Balaban J connectivity index is 3.79. The van der Waals surface area contributed by atoms with E-state index >= 15 is 0 Å². The van der Waals surface area contributed by atoms with Crippen LogP contribution in [0.1, 0.15) is 47.0 Å². The van der Waals surface area contributed by atoms with Gasteiger partial charge in [-0.25, -0.2) is 0 Å². The summed E-state index contributed by atoms with van der Waals surface area (Å²) < 4.78 is 5.22. The molecule has 0 aromatic carbocycles. The van der Waals surface area contributed by atoms with Crippen molar-refractivity contribution in [3.8, 4) is 0 Å². The topological polar surface area (TPSA) is 55.4 Å². The minimum atomic E-state index is -0.133. The molecule has 1 unspecified atom stereocenters. The predicted molar refractivity (Wildman–Crippen MR) is 80.5 cm³/mol. The molecule has 5 heteroatoms. The first kappa shape index (κ1) is 18.4. The lowest BCUT2D eigenvalue weighted by Crippen LogP contribution is -2.42. The molecule has 1 N–H and O–H groups in total. The zero-order chi connectivity index (χ0) is 14.9. The van der Waals surface area contributed by atoms with Gasteiger partial charge in [0, 0.05) is 37.0 Å². The molecule has 0 aromatic heterocycles. The van der Waals surface area contributed by atoms with Crippen LogP contribution in [0.3, 0.4) is 0 Å². The summed E-state index contributed by atoms with van der Waals surface area (Å²) in [6, 6.07) is 0. The second-order valence-electron chi connectivity index (χ2n) is 5.37. The Morgan fingerprint density at radius 2 is 2.00 bits per heavy atom. The fraction of sp³-hybridized carbons (Fsp3) is 0.857. The maximum Gasteiger partial charge on any atom is 0.221 e. The molecule has 1 amide bonds. The van der Waals surface area contributed by atoms with Crippen molar-refractivity contribution in [1.29, 1.82) is 0 Å². The molecular formula is C14H27NO3S. The highest BCUT2D eigenvalue weighted by atomic mass is 32.2. The van der Waals surface area contributed by atoms with Gasteiger partial charge in [0.05, 0.1) is 6.10 Å². The van der Waals surface area contributed by atoms with Gasteiger partial charge in [0.15, 0.2) is 0 Å². The molecule has 112 valence electrons. The van der Waals surface area contributed by atoms with E-state index in [4.69, 9.17) is 4.74 Å². The van der Waals surface area contributed by atoms with Gasteiger partial charge in [-0.2, -0.15) is 11.8 Å². The van der Waals surface area contributed by atoms with Gasteiger partial charge in [-0.15, -0.1) is 0 Å². The van der Waals surface area contributed by atoms with Crippen molar-refractivity contribution in [1.82, 2.24) is 5.32 Å². The van der Waals surface area contributed by atoms with Crippen molar-refractivity contribution in [3.05, 3.63) is 0 Å². The van der Waals surface area contributed by atoms with Gasteiger partial charge in [0.1, 0.15) is 5.78 Å². The summed E-state index contributed by atoms with van der Waals surface area (Å²) in [5, 5.41) is 3.00. The first-order valence-corrected chi connectivity index (χ1v) is 7.87. The van der Waals surface area contributed by atoms with Crippen LogP contribution in [-0.4, -0.2) is 41.9 Å². The van der Waals surface area contributed by atoms with Crippen LogP contribution in [-0.2, 0) is 14.3 Å². The number of hydrogen-bond acceptors (Lipinski definition) is 4. The van der Waals surface area contributed by atoms with Crippen molar-refractivity contribution in [2.45, 2.75) is 58.6 Å². The minimum Gasteiger partial charge on any atom is -0.380 e. The first-order chi connectivity index (χ1) is 8.80. The summed E-state index contributed by atoms with van der Waals surface area (Å²) in [7, 11) is 1.62. The Morgan fingerprint density at radius 1 is 1.37 bits per heavy atom. The van der Waals surface area contributed by atoms with E-state index in [1.165, 1.54) is 0 Å². The fourth-order valence-corrected chi connectivity index (χ4v) is 2.45. The largest absolute Gasteiger partial charge is 0.380 e. The molecule has 0 aliphatic heterocycles. The summed E-state index contributed by atoms with van der Waals surface area (Å²) in [4.78, 5) is 22.7. The van der Waals surface area contributed by atoms with E-state index in [1.54, 1.807) is 25.8 Å². The molecule has 0 bridgehead atoms. The van der Waals surface area contributed by atoms with Crippen LogP contribution in [0, 0.1) is 0 Å². The second-order valence-corrected chi connectivity index (χ2v) is 6.52. The summed E-state index contributed by atoms with van der Waals surface area (Å²) in [5.74, 6) is 1.72. The second kappa shape index (κ2) is 9.37. The van der Waals surface area contributed by atoms with Crippen LogP contribution in [0.25, 0.3) is 0 Å². The maximum atomic E-state index is 11.7. The van der Waals surface area contributed by atoms with Gasteiger partial charge >= 0.3 is 0 Å². The molecule has 1 atom stereocenters. The monoisotopic (exact) mass is 289 g/mol. The molecular weight excluding hydrogens is 262 g/mol. The van der Waals surface area contributed by atoms with Gasteiger partial charge in [0.2, 0.25) is 5.91 Å². The standard InChI is InChI=1S/C14H27NO3S/c1-6-14(3,4)15-13(17)7-8-19-10-12(18-5)9-11(2)16/h12H,6-10H2,1-5H3,(H,15,17). The number of amides is 1. The fourth-order valence-electron chi connectivity index (χ4n) is 1.44. The molecule has 0 saturated heterocycles. The van der Waals surface area contributed by atoms with Crippen LogP contribution in [0.2, 0.25) is 0 Å². The van der Waals surface area contributed by atoms with E-state index in [-0.39, 0.29) is 23.3 Å². The van der Waals surface area contributed by atoms with Gasteiger partial charge < -0.3 is 10.1 Å². The van der Waals surface area contributed by atoms with E-state index in [1.807, 2.05) is 13.8 Å². The normalized spacial score (nSPS) is 13.1. The number of carbonyl (C=O) groups is 2. The third-order valence-electron chi connectivity index (χ3n) is 2.99. The lowest BCUT2D eigenvalue weighted by atomic mass is 10.0. The molecule has 0 saturated carbocycles. The number of ether oxygens (including phenoxy) is 1. The van der Waals surface area contributed by atoms with Gasteiger partial charge in [-0.1, -0.05) is 6.92 Å². The summed E-state index contributed by atoms with van der Waals surface area (Å²) in [6.07, 6.45) is 1.82. The molecule has 0 aliphatic carbocycles. The van der Waals surface area contributed by atoms with E-state index < -0.39 is 0 Å². The molecule has 0 spiro atoms. The Morgan fingerprint density at radius 3 is 2.47 bits per heavy atom. The summed E-state index contributed by atoms with van der Waals surface area (Å²) >= 11 is 1.65. The van der Waals surface area contributed by atoms with E-state index in [9.17, 15) is 9.59 Å². The quantitative estimate of drug-likeness (QED) is 0.628. The number of rotatable bonds is 10. The van der Waals surface area contributed by atoms with Crippen molar-refractivity contribution in [3.63, 3.8) is 0 Å². The Bertz CT molecular complexity index is 292. The third kappa shape index (κ3) is 9.96. The molecule has 0 aliphatic rings. The Kier molecular flexibility index (Phi) is 9.10. The van der Waals surface area contributed by atoms with Gasteiger partial charge in [-0.05, 0) is 27.2 Å². The third-order valence-corrected chi connectivity index (χ3v) is 4.09. The maximum absolute atomic E-state index is 11.7. The molecule has 0 aromatic rings. The van der Waals surface area contributed by atoms with Crippen LogP contribution >= 0.6 is 11.8 Å². The van der Waals surface area contributed by atoms with Crippen LogP contribution in [0.5, 0.6) is 0 Å². The van der Waals surface area contributed by atoms with E-state index in [0.717, 1.165) is 17.9 Å². The number of thioether (sulfide) groups is 1. The smallest absolute Gasteiger partial charge is 0.221 e. The zero-order valence-electron chi connectivity index (χ0n) is 12.7. The zero-order valence-corrected chi connectivity index (χ0v) is 13.6. The van der Waals surface area contributed by atoms with E-state index in [2.05, 4.69) is 12.2 Å². The lowest BCUT2D eigenvalue weighted by Gasteiger charge is -2.24.